The van der Waals surface area contributed by atoms with Crippen LogP contribution in [0.5, 0.6) is 0 Å². The molecule has 1 rings (SSSR count). The van der Waals surface area contributed by atoms with E-state index in [4.69, 9.17) is 14.6 Å². The highest BCUT2D eigenvalue weighted by molar-refractivity contribution is 5.86. The number of amides is 2. The van der Waals surface area contributed by atoms with E-state index in [-0.39, 0.29) is 12.4 Å². The Hall–Kier alpha value is -2.58. The van der Waals surface area contributed by atoms with Gasteiger partial charge in [-0.15, -0.1) is 0 Å². The Kier molecular flexibility index (Phi) is 5.07. The van der Waals surface area contributed by atoms with E-state index < -0.39 is 30.4 Å². The van der Waals surface area contributed by atoms with Crippen LogP contribution in [0.15, 0.2) is 4.42 Å². The molecular formula is C11H15N3O6. The number of aliphatic carboxylic acids is 2. The average molecular weight is 285 g/mol. The summed E-state index contributed by atoms with van der Waals surface area (Å²) in [4.78, 5) is 36.7. The van der Waals surface area contributed by atoms with Gasteiger partial charge in [0.05, 0.1) is 18.7 Å². The van der Waals surface area contributed by atoms with E-state index in [0.717, 1.165) is 0 Å². The SMILES string of the molecule is Cc1nc(CNC(=O)N[C@@H](CC(=O)O)C(=O)O)oc1C. The topological polar surface area (TPSA) is 142 Å². The number of carbonyl (C=O) groups is 3. The zero-order chi connectivity index (χ0) is 15.3. The maximum absolute atomic E-state index is 11.5. The third kappa shape index (κ3) is 4.59. The zero-order valence-electron chi connectivity index (χ0n) is 11.0. The highest BCUT2D eigenvalue weighted by Crippen LogP contribution is 2.07. The standard InChI is InChI=1S/C11H15N3O6/c1-5-6(2)20-8(13-5)4-12-11(19)14-7(10(17)18)3-9(15)16/h7H,3-4H2,1-2H3,(H,15,16)(H,17,18)(H2,12,14,19)/t7-/m0/s1. The maximum atomic E-state index is 11.5. The van der Waals surface area contributed by atoms with Crippen molar-refractivity contribution in [3.63, 3.8) is 0 Å². The van der Waals surface area contributed by atoms with Gasteiger partial charge in [0.2, 0.25) is 5.89 Å². The van der Waals surface area contributed by atoms with E-state index in [1.165, 1.54) is 0 Å². The number of oxazole rings is 1. The number of rotatable bonds is 6. The van der Waals surface area contributed by atoms with E-state index >= 15 is 0 Å². The van der Waals surface area contributed by atoms with Crippen LogP contribution in [0, 0.1) is 13.8 Å². The van der Waals surface area contributed by atoms with Crippen LogP contribution >= 0.6 is 0 Å². The van der Waals surface area contributed by atoms with Crippen LogP contribution in [0.3, 0.4) is 0 Å². The zero-order valence-corrected chi connectivity index (χ0v) is 11.0. The molecule has 0 aliphatic rings. The van der Waals surface area contributed by atoms with E-state index in [1.54, 1.807) is 13.8 Å². The number of aryl methyl sites for hydroxylation is 2. The van der Waals surface area contributed by atoms with Gasteiger partial charge in [0, 0.05) is 0 Å². The number of nitrogens with one attached hydrogen (secondary N) is 2. The summed E-state index contributed by atoms with van der Waals surface area (Å²) >= 11 is 0. The lowest BCUT2D eigenvalue weighted by atomic mass is 10.2. The molecule has 9 heteroatoms. The van der Waals surface area contributed by atoms with Crippen LogP contribution in [0.1, 0.15) is 23.8 Å². The molecule has 1 aromatic rings. The van der Waals surface area contributed by atoms with Crippen LogP contribution in [0.2, 0.25) is 0 Å². The largest absolute Gasteiger partial charge is 0.481 e. The Morgan fingerprint density at radius 1 is 1.30 bits per heavy atom. The van der Waals surface area contributed by atoms with Crippen molar-refractivity contribution in [2.24, 2.45) is 0 Å². The van der Waals surface area contributed by atoms with Crippen LogP contribution in [0.4, 0.5) is 4.79 Å². The minimum atomic E-state index is -1.50. The fourth-order valence-electron chi connectivity index (χ4n) is 1.35. The Bertz CT molecular complexity index is 505. The van der Waals surface area contributed by atoms with Crippen molar-refractivity contribution in [3.8, 4) is 0 Å². The Balaban J connectivity index is 2.49. The molecule has 1 aromatic heterocycles. The summed E-state index contributed by atoms with van der Waals surface area (Å²) in [6.07, 6.45) is -0.708. The second kappa shape index (κ2) is 6.55. The molecule has 0 radical (unpaired) electrons. The Morgan fingerprint density at radius 3 is 2.40 bits per heavy atom. The highest BCUT2D eigenvalue weighted by atomic mass is 16.4. The van der Waals surface area contributed by atoms with Crippen molar-refractivity contribution in [1.29, 1.82) is 0 Å². The summed E-state index contributed by atoms with van der Waals surface area (Å²) in [7, 11) is 0. The molecule has 0 aromatic carbocycles. The van der Waals surface area contributed by atoms with Gasteiger partial charge in [0.15, 0.2) is 0 Å². The number of hydrogen-bond acceptors (Lipinski definition) is 5. The molecule has 0 aliphatic carbocycles. The summed E-state index contributed by atoms with van der Waals surface area (Å²) < 4.78 is 5.22. The Labute approximate surface area is 114 Å². The number of urea groups is 1. The van der Waals surface area contributed by atoms with E-state index in [1.807, 2.05) is 5.32 Å². The molecule has 0 bridgehead atoms. The maximum Gasteiger partial charge on any atom is 0.326 e. The molecule has 0 saturated heterocycles. The summed E-state index contributed by atoms with van der Waals surface area (Å²) in [5.41, 5.74) is 0.691. The van der Waals surface area contributed by atoms with Crippen molar-refractivity contribution in [3.05, 3.63) is 17.3 Å². The second-order valence-electron chi connectivity index (χ2n) is 4.06. The lowest BCUT2D eigenvalue weighted by Gasteiger charge is -2.12. The molecule has 20 heavy (non-hydrogen) atoms. The number of carboxylic acid groups (broad SMARTS) is 2. The third-order valence-electron chi connectivity index (χ3n) is 2.46. The smallest absolute Gasteiger partial charge is 0.326 e. The minimum absolute atomic E-state index is 0.0279. The van der Waals surface area contributed by atoms with Gasteiger partial charge in [-0.05, 0) is 13.8 Å². The van der Waals surface area contributed by atoms with Crippen LogP contribution in [0.25, 0.3) is 0 Å². The van der Waals surface area contributed by atoms with Crippen molar-refractivity contribution in [1.82, 2.24) is 15.6 Å². The molecular weight excluding hydrogens is 270 g/mol. The van der Waals surface area contributed by atoms with E-state index in [9.17, 15) is 14.4 Å². The van der Waals surface area contributed by atoms with Crippen molar-refractivity contribution < 1.29 is 29.0 Å². The van der Waals surface area contributed by atoms with Gasteiger partial charge in [-0.2, -0.15) is 0 Å². The number of carbonyl (C=O) groups excluding carboxylic acids is 1. The number of hydrogen-bond donors (Lipinski definition) is 4. The monoisotopic (exact) mass is 285 g/mol. The summed E-state index contributed by atoms with van der Waals surface area (Å²) in [5, 5.41) is 21.7. The van der Waals surface area contributed by atoms with Gasteiger partial charge >= 0.3 is 18.0 Å². The molecule has 1 heterocycles. The van der Waals surface area contributed by atoms with E-state index in [0.29, 0.717) is 11.5 Å². The molecule has 0 fully saturated rings. The van der Waals surface area contributed by atoms with Gasteiger partial charge in [0.1, 0.15) is 11.8 Å². The lowest BCUT2D eigenvalue weighted by Crippen LogP contribution is -2.46. The highest BCUT2D eigenvalue weighted by Gasteiger charge is 2.23. The average Bonchev–Trinajstić information content (AvgIpc) is 2.65. The first-order valence-corrected chi connectivity index (χ1v) is 5.71. The van der Waals surface area contributed by atoms with Gasteiger partial charge < -0.3 is 25.3 Å². The van der Waals surface area contributed by atoms with Crippen LogP contribution in [-0.4, -0.2) is 39.2 Å². The molecule has 0 aliphatic heterocycles. The number of nitrogens with zero attached hydrogens (tertiary/aromatic N) is 1. The third-order valence-corrected chi connectivity index (χ3v) is 2.46. The Morgan fingerprint density at radius 2 is 1.95 bits per heavy atom. The molecule has 2 amide bonds. The first-order valence-electron chi connectivity index (χ1n) is 5.71. The molecule has 0 unspecified atom stereocenters. The molecule has 1 atom stereocenters. The fraction of sp³-hybridized carbons (Fsp3) is 0.455. The minimum Gasteiger partial charge on any atom is -0.481 e. The second-order valence-corrected chi connectivity index (χ2v) is 4.06. The normalized spacial score (nSPS) is 11.7. The van der Waals surface area contributed by atoms with Crippen molar-refractivity contribution in [2.75, 3.05) is 0 Å². The molecule has 0 saturated carbocycles. The first kappa shape index (κ1) is 15.5. The summed E-state index contributed by atoms with van der Waals surface area (Å²) in [6.45, 7) is 3.44. The predicted octanol–water partition coefficient (Wildman–Crippen LogP) is 0.0185. The summed E-state index contributed by atoms with van der Waals surface area (Å²) in [6, 6.07) is -2.31. The first-order chi connectivity index (χ1) is 9.29. The number of aromatic nitrogens is 1. The fourth-order valence-corrected chi connectivity index (χ4v) is 1.35. The molecule has 9 nitrogen and oxygen atoms in total. The van der Waals surface area contributed by atoms with Crippen LogP contribution in [-0.2, 0) is 16.1 Å². The number of carboxylic acids is 2. The molecule has 110 valence electrons. The van der Waals surface area contributed by atoms with Gasteiger partial charge in [-0.1, -0.05) is 0 Å². The lowest BCUT2D eigenvalue weighted by molar-refractivity contribution is -0.145. The van der Waals surface area contributed by atoms with Crippen molar-refractivity contribution >= 4 is 18.0 Å². The molecule has 4 N–H and O–H groups in total. The van der Waals surface area contributed by atoms with Gasteiger partial charge in [-0.25, -0.2) is 14.6 Å². The molecule has 0 spiro atoms. The van der Waals surface area contributed by atoms with Crippen molar-refractivity contribution in [2.45, 2.75) is 32.9 Å². The predicted molar refractivity (Wildman–Crippen MR) is 65.0 cm³/mol. The van der Waals surface area contributed by atoms with Gasteiger partial charge in [0.25, 0.3) is 0 Å². The summed E-state index contributed by atoms with van der Waals surface area (Å²) in [5.74, 6) is -1.85. The van der Waals surface area contributed by atoms with E-state index in [2.05, 4.69) is 10.3 Å². The quantitative estimate of drug-likeness (QED) is 0.577. The van der Waals surface area contributed by atoms with Crippen LogP contribution < -0.4 is 10.6 Å². The van der Waals surface area contributed by atoms with Gasteiger partial charge in [-0.3, -0.25) is 4.79 Å².